The highest BCUT2D eigenvalue weighted by molar-refractivity contribution is 8.11. The van der Waals surface area contributed by atoms with Crippen molar-refractivity contribution in [1.29, 1.82) is 0 Å². The maximum atomic E-state index is 11.8. The average Bonchev–Trinajstić information content (AvgIpc) is 3.55. The van der Waals surface area contributed by atoms with Gasteiger partial charge in [0.15, 0.2) is 0 Å². The van der Waals surface area contributed by atoms with E-state index in [-0.39, 0.29) is 0 Å². The van der Waals surface area contributed by atoms with Crippen LogP contribution in [0.15, 0.2) is 24.8 Å². The molecule has 0 saturated heterocycles. The minimum atomic E-state index is -3.44. The number of hydrogen-bond donors (Lipinski definition) is 1. The van der Waals surface area contributed by atoms with E-state index < -0.39 is 19.4 Å². The number of hydrogen-bond acceptors (Lipinski definition) is 6. The molecule has 0 spiro atoms. The molecule has 2 aliphatic carbocycles. The second-order valence-corrected chi connectivity index (χ2v) is 11.9. The summed E-state index contributed by atoms with van der Waals surface area (Å²) >= 11 is 0. The average molecular weight is 467 g/mol. The third kappa shape index (κ3) is 7.07. The summed E-state index contributed by atoms with van der Waals surface area (Å²) in [6.45, 7) is 0. The molecule has 0 aliphatic heterocycles. The van der Waals surface area contributed by atoms with Crippen molar-refractivity contribution in [1.82, 2.24) is 27.5 Å². The molecule has 0 atom stereocenters. The van der Waals surface area contributed by atoms with E-state index in [1.165, 1.54) is 67.5 Å². The van der Waals surface area contributed by atoms with Gasteiger partial charge in [0.1, 0.15) is 11.6 Å². The minimum Gasteiger partial charge on any atom is -0.348 e. The number of nitrogens with zero attached hydrogens (tertiary/aromatic N) is 5. The molecule has 2 fully saturated rings. The van der Waals surface area contributed by atoms with E-state index in [4.69, 9.17) is 10.7 Å². The van der Waals surface area contributed by atoms with Crippen molar-refractivity contribution in [2.75, 3.05) is 28.2 Å². The lowest BCUT2D eigenvalue weighted by Crippen LogP contribution is -2.29. The van der Waals surface area contributed by atoms with Crippen LogP contribution in [0.2, 0.25) is 0 Å². The highest BCUT2D eigenvalue weighted by Crippen LogP contribution is 2.39. The lowest BCUT2D eigenvalue weighted by Gasteiger charge is -2.13. The maximum Gasteiger partial charge on any atom is 0.308 e. The Hall–Kier alpha value is -1.47. The third-order valence-electron chi connectivity index (χ3n) is 4.21. The van der Waals surface area contributed by atoms with Crippen molar-refractivity contribution in [2.24, 2.45) is 0 Å². The zero-order valence-corrected chi connectivity index (χ0v) is 19.2. The standard InChI is InChI=1S/C8H13N3O2S.C6H8N2.C2H6ClNO2S/c1-10(2)14(12,13)11-6-5-9-8(11)7-3-4-7;1-2-5(1)6-7-3-4-8-6;1-4(2)7(3,5)6/h5-7H,3-4H2,1-2H3;3-5H,1-2H2,(H,7,8);1-2H3. The van der Waals surface area contributed by atoms with E-state index in [1.807, 2.05) is 12.4 Å². The highest BCUT2D eigenvalue weighted by atomic mass is 35.7. The van der Waals surface area contributed by atoms with Gasteiger partial charge in [-0.25, -0.2) is 13.9 Å². The lowest BCUT2D eigenvalue weighted by atomic mass is 10.4. The molecular weight excluding hydrogens is 440 g/mol. The summed E-state index contributed by atoms with van der Waals surface area (Å²) in [5.74, 6) is 2.94. The topological polar surface area (TPSA) is 121 Å². The third-order valence-corrected chi connectivity index (χ3v) is 7.64. The molecular formula is C16H27ClN6O4S2. The second-order valence-electron chi connectivity index (χ2n) is 7.12. The van der Waals surface area contributed by atoms with Gasteiger partial charge in [0.25, 0.3) is 9.24 Å². The molecule has 2 aliphatic rings. The van der Waals surface area contributed by atoms with Gasteiger partial charge in [0.05, 0.1) is 0 Å². The molecule has 10 nitrogen and oxygen atoms in total. The van der Waals surface area contributed by atoms with Gasteiger partial charge >= 0.3 is 10.2 Å². The fourth-order valence-electron chi connectivity index (χ4n) is 2.16. The first-order valence-electron chi connectivity index (χ1n) is 9.02. The van der Waals surface area contributed by atoms with Crippen LogP contribution in [0.5, 0.6) is 0 Å². The van der Waals surface area contributed by atoms with Gasteiger partial charge in [0, 0.05) is 75.5 Å². The highest BCUT2D eigenvalue weighted by Gasteiger charge is 2.31. The molecule has 0 radical (unpaired) electrons. The Balaban J connectivity index is 0.000000170. The van der Waals surface area contributed by atoms with E-state index >= 15 is 0 Å². The zero-order valence-electron chi connectivity index (χ0n) is 16.9. The van der Waals surface area contributed by atoms with E-state index in [0.29, 0.717) is 11.7 Å². The Morgan fingerprint density at radius 2 is 1.52 bits per heavy atom. The SMILES string of the molecule is CN(C)S(=O)(=O)Cl.CN(C)S(=O)(=O)n1ccnc1C1CC1.c1c[nH]c(C2CC2)n1. The van der Waals surface area contributed by atoms with Gasteiger partial charge < -0.3 is 4.98 Å². The van der Waals surface area contributed by atoms with E-state index in [1.54, 1.807) is 0 Å². The van der Waals surface area contributed by atoms with Crippen molar-refractivity contribution >= 4 is 30.1 Å². The maximum absolute atomic E-state index is 11.8. The predicted molar refractivity (Wildman–Crippen MR) is 111 cm³/mol. The van der Waals surface area contributed by atoms with Gasteiger partial charge in [0.2, 0.25) is 0 Å². The first-order chi connectivity index (χ1) is 13.4. The number of halogens is 1. The van der Waals surface area contributed by atoms with Gasteiger partial charge in [-0.2, -0.15) is 25.4 Å². The molecule has 1 N–H and O–H groups in total. The minimum absolute atomic E-state index is 0.333. The molecule has 2 saturated carbocycles. The number of rotatable bonds is 5. The Bertz CT molecular complexity index is 979. The first kappa shape index (κ1) is 23.8. The Morgan fingerprint density at radius 3 is 1.90 bits per heavy atom. The quantitative estimate of drug-likeness (QED) is 0.669. The summed E-state index contributed by atoms with van der Waals surface area (Å²) < 4.78 is 47.0. The van der Waals surface area contributed by atoms with Gasteiger partial charge in [-0.1, -0.05) is 0 Å². The first-order valence-corrected chi connectivity index (χ1v) is 12.7. The molecule has 0 unspecified atom stereocenters. The number of H-pyrrole nitrogens is 1. The molecule has 0 aromatic carbocycles. The summed E-state index contributed by atoms with van der Waals surface area (Å²) in [6.07, 6.45) is 11.5. The van der Waals surface area contributed by atoms with Crippen molar-refractivity contribution in [3.05, 3.63) is 36.4 Å². The normalized spacial score (nSPS) is 16.8. The fraction of sp³-hybridized carbons (Fsp3) is 0.625. The van der Waals surface area contributed by atoms with Crippen LogP contribution >= 0.6 is 10.7 Å². The van der Waals surface area contributed by atoms with Crippen LogP contribution in [0.3, 0.4) is 0 Å². The number of aromatic amines is 1. The molecule has 2 aromatic rings. The van der Waals surface area contributed by atoms with E-state index in [9.17, 15) is 16.8 Å². The van der Waals surface area contributed by atoms with Gasteiger partial charge in [-0.05, 0) is 25.7 Å². The van der Waals surface area contributed by atoms with E-state index in [0.717, 1.165) is 23.1 Å². The molecule has 2 heterocycles. The molecule has 0 amide bonds. The molecule has 13 heteroatoms. The molecule has 29 heavy (non-hydrogen) atoms. The lowest BCUT2D eigenvalue weighted by molar-refractivity contribution is 0.508. The monoisotopic (exact) mass is 466 g/mol. The Labute approximate surface area is 176 Å². The zero-order chi connectivity index (χ0) is 21.8. The summed E-state index contributed by atoms with van der Waals surface area (Å²) in [6, 6.07) is 0. The summed E-state index contributed by atoms with van der Waals surface area (Å²) in [7, 11) is 3.72. The van der Waals surface area contributed by atoms with Crippen LogP contribution in [0, 0.1) is 0 Å². The van der Waals surface area contributed by atoms with Crippen LogP contribution in [0.1, 0.15) is 49.2 Å². The fourth-order valence-corrected chi connectivity index (χ4v) is 3.15. The number of nitrogens with one attached hydrogen (secondary N) is 1. The van der Waals surface area contributed by atoms with Crippen LogP contribution < -0.4 is 0 Å². The van der Waals surface area contributed by atoms with Gasteiger partial charge in [-0.15, -0.1) is 0 Å². The van der Waals surface area contributed by atoms with Crippen LogP contribution in [-0.4, -0.2) is 72.6 Å². The summed E-state index contributed by atoms with van der Waals surface area (Å²) in [5, 5.41) is 0. The number of imidazole rings is 2. The molecule has 0 bridgehead atoms. The van der Waals surface area contributed by atoms with Crippen molar-refractivity contribution in [3.63, 3.8) is 0 Å². The van der Waals surface area contributed by atoms with Gasteiger partial charge in [-0.3, -0.25) is 0 Å². The summed E-state index contributed by atoms with van der Waals surface area (Å²) in [5.41, 5.74) is 0. The predicted octanol–water partition coefficient (Wildman–Crippen LogP) is 1.73. The van der Waals surface area contributed by atoms with Crippen molar-refractivity contribution in [2.45, 2.75) is 37.5 Å². The van der Waals surface area contributed by atoms with Crippen LogP contribution in [-0.2, 0) is 19.4 Å². The van der Waals surface area contributed by atoms with Crippen molar-refractivity contribution < 1.29 is 16.8 Å². The number of aromatic nitrogens is 4. The van der Waals surface area contributed by atoms with Crippen LogP contribution in [0.25, 0.3) is 0 Å². The van der Waals surface area contributed by atoms with Crippen molar-refractivity contribution in [3.8, 4) is 0 Å². The Morgan fingerprint density at radius 1 is 0.966 bits per heavy atom. The Kier molecular flexibility index (Phi) is 7.85. The second kappa shape index (κ2) is 9.56. The largest absolute Gasteiger partial charge is 0.348 e. The molecule has 4 rings (SSSR count). The summed E-state index contributed by atoms with van der Waals surface area (Å²) in [4.78, 5) is 11.3. The molecule has 2 aromatic heterocycles. The smallest absolute Gasteiger partial charge is 0.308 e. The van der Waals surface area contributed by atoms with Crippen LogP contribution in [0.4, 0.5) is 0 Å². The molecule has 164 valence electrons. The van der Waals surface area contributed by atoms with E-state index in [2.05, 4.69) is 15.0 Å².